The molecule has 0 aliphatic rings. The predicted octanol–water partition coefficient (Wildman–Crippen LogP) is 5.60. The van der Waals surface area contributed by atoms with Gasteiger partial charge in [-0.15, -0.1) is 0 Å². The Kier molecular flexibility index (Phi) is 4.71. The summed E-state index contributed by atoms with van der Waals surface area (Å²) in [7, 11) is 0. The van der Waals surface area contributed by atoms with Gasteiger partial charge in [-0.05, 0) is 55.8 Å². The fraction of sp³-hybridized carbons (Fsp3) is 0.200. The van der Waals surface area contributed by atoms with Crippen LogP contribution in [-0.4, -0.2) is 26.0 Å². The van der Waals surface area contributed by atoms with Gasteiger partial charge in [0.05, 0.1) is 28.2 Å². The van der Waals surface area contributed by atoms with E-state index in [-0.39, 0.29) is 12.0 Å². The van der Waals surface area contributed by atoms with Crippen LogP contribution in [0.25, 0.3) is 22.1 Å². The largest absolute Gasteiger partial charge is 0.491 e. The molecule has 0 saturated heterocycles. The topological polar surface area (TPSA) is 66.6 Å². The Morgan fingerprint density at radius 1 is 0.767 bits per heavy atom. The number of nitrogens with zero attached hydrogens (tertiary/aromatic N) is 2. The molecule has 0 bridgehead atoms. The lowest BCUT2D eigenvalue weighted by molar-refractivity contribution is 0.242. The van der Waals surface area contributed by atoms with Crippen LogP contribution in [0.2, 0.25) is 0 Å². The van der Waals surface area contributed by atoms with E-state index in [1.54, 1.807) is 0 Å². The van der Waals surface area contributed by atoms with E-state index in [9.17, 15) is 0 Å². The second-order valence-corrected chi connectivity index (χ2v) is 7.83. The van der Waals surface area contributed by atoms with E-state index in [2.05, 4.69) is 34.2 Å². The number of aromatic amines is 2. The first kappa shape index (κ1) is 18.4. The van der Waals surface area contributed by atoms with Gasteiger partial charge in [0.1, 0.15) is 17.4 Å². The number of imidazole rings is 2. The second-order valence-electron chi connectivity index (χ2n) is 7.83. The monoisotopic (exact) mass is 396 g/mol. The molecule has 1 atom stereocenters. The van der Waals surface area contributed by atoms with E-state index in [0.717, 1.165) is 45.9 Å². The van der Waals surface area contributed by atoms with Crippen LogP contribution in [0.1, 0.15) is 37.0 Å². The highest BCUT2D eigenvalue weighted by Crippen LogP contribution is 2.30. The molecule has 0 radical (unpaired) electrons. The van der Waals surface area contributed by atoms with Crippen molar-refractivity contribution < 1.29 is 4.74 Å². The zero-order chi connectivity index (χ0) is 20.5. The Balaban J connectivity index is 1.54. The third kappa shape index (κ3) is 3.66. The molecule has 5 nitrogen and oxygen atoms in total. The maximum absolute atomic E-state index is 5.82. The summed E-state index contributed by atoms with van der Waals surface area (Å²) in [5.41, 5.74) is 5.22. The molecule has 30 heavy (non-hydrogen) atoms. The molecule has 5 heteroatoms. The highest BCUT2D eigenvalue weighted by molar-refractivity contribution is 5.75. The summed E-state index contributed by atoms with van der Waals surface area (Å²) in [6.45, 7) is 4.07. The molecular formula is C25H24N4O. The molecule has 2 aromatic heterocycles. The molecule has 3 aromatic carbocycles. The molecular weight excluding hydrogens is 372 g/mol. The fourth-order valence-electron chi connectivity index (χ4n) is 3.86. The number of fused-ring (bicyclic) bond motifs is 2. The summed E-state index contributed by atoms with van der Waals surface area (Å²) >= 11 is 0. The van der Waals surface area contributed by atoms with Crippen molar-refractivity contribution in [3.8, 4) is 5.75 Å². The molecule has 0 unspecified atom stereocenters. The normalized spacial score (nSPS) is 12.6. The SMILES string of the molecule is CC(C)Oc1ccc([C@H](Cc2nc3ccccc3[nH]2)c2nc3ccccc3[nH]2)cc1. The number of nitrogens with one attached hydrogen (secondary N) is 2. The quantitative estimate of drug-likeness (QED) is 0.392. The molecule has 0 fully saturated rings. The van der Waals surface area contributed by atoms with Crippen molar-refractivity contribution >= 4 is 22.1 Å². The van der Waals surface area contributed by atoms with Gasteiger partial charge in [-0.25, -0.2) is 9.97 Å². The van der Waals surface area contributed by atoms with Crippen molar-refractivity contribution in [2.45, 2.75) is 32.3 Å². The van der Waals surface area contributed by atoms with Gasteiger partial charge in [-0.2, -0.15) is 0 Å². The van der Waals surface area contributed by atoms with E-state index in [1.807, 2.05) is 62.4 Å². The minimum atomic E-state index is 0.0473. The first-order valence-electron chi connectivity index (χ1n) is 10.3. The summed E-state index contributed by atoms with van der Waals surface area (Å²) in [4.78, 5) is 16.6. The number of aromatic nitrogens is 4. The first-order chi connectivity index (χ1) is 14.7. The lowest BCUT2D eigenvalue weighted by Crippen LogP contribution is -2.09. The highest BCUT2D eigenvalue weighted by atomic mass is 16.5. The predicted molar refractivity (Wildman–Crippen MR) is 120 cm³/mol. The van der Waals surface area contributed by atoms with Gasteiger partial charge in [0, 0.05) is 12.3 Å². The fourth-order valence-corrected chi connectivity index (χ4v) is 3.86. The van der Waals surface area contributed by atoms with Gasteiger partial charge >= 0.3 is 0 Å². The van der Waals surface area contributed by atoms with Gasteiger partial charge in [-0.3, -0.25) is 0 Å². The number of hydrogen-bond acceptors (Lipinski definition) is 3. The molecule has 0 saturated carbocycles. The Morgan fingerprint density at radius 3 is 2.03 bits per heavy atom. The van der Waals surface area contributed by atoms with Crippen molar-refractivity contribution in [2.24, 2.45) is 0 Å². The van der Waals surface area contributed by atoms with Crippen molar-refractivity contribution in [3.05, 3.63) is 90.0 Å². The van der Waals surface area contributed by atoms with Crippen LogP contribution < -0.4 is 4.74 Å². The summed E-state index contributed by atoms with van der Waals surface area (Å²) in [5.74, 6) is 2.81. The average Bonchev–Trinajstić information content (AvgIpc) is 3.35. The average molecular weight is 396 g/mol. The molecule has 0 spiro atoms. The lowest BCUT2D eigenvalue weighted by Gasteiger charge is -2.16. The highest BCUT2D eigenvalue weighted by Gasteiger charge is 2.21. The lowest BCUT2D eigenvalue weighted by atomic mass is 9.94. The van der Waals surface area contributed by atoms with Crippen molar-refractivity contribution in [1.82, 2.24) is 19.9 Å². The Morgan fingerprint density at radius 2 is 1.40 bits per heavy atom. The van der Waals surface area contributed by atoms with Crippen LogP contribution in [0.15, 0.2) is 72.8 Å². The van der Waals surface area contributed by atoms with Crippen LogP contribution in [0.5, 0.6) is 5.75 Å². The Labute approximate surface area is 175 Å². The summed E-state index contributed by atoms with van der Waals surface area (Å²) in [5, 5.41) is 0. The molecule has 2 N–H and O–H groups in total. The van der Waals surface area contributed by atoms with Crippen LogP contribution in [0.3, 0.4) is 0 Å². The number of hydrogen-bond donors (Lipinski definition) is 2. The van der Waals surface area contributed by atoms with Crippen molar-refractivity contribution in [2.75, 3.05) is 0 Å². The molecule has 2 heterocycles. The number of rotatable bonds is 6. The van der Waals surface area contributed by atoms with Gasteiger partial charge in [0.15, 0.2) is 0 Å². The van der Waals surface area contributed by atoms with Crippen molar-refractivity contribution in [3.63, 3.8) is 0 Å². The Bertz CT molecular complexity index is 1220. The summed E-state index contributed by atoms with van der Waals surface area (Å²) < 4.78 is 5.82. The van der Waals surface area contributed by atoms with Crippen LogP contribution >= 0.6 is 0 Å². The first-order valence-corrected chi connectivity index (χ1v) is 10.3. The van der Waals surface area contributed by atoms with Gasteiger partial charge in [-0.1, -0.05) is 36.4 Å². The van der Waals surface area contributed by atoms with Crippen molar-refractivity contribution in [1.29, 1.82) is 0 Å². The van der Waals surface area contributed by atoms with Crippen LogP contribution in [-0.2, 0) is 6.42 Å². The number of benzene rings is 3. The standard InChI is InChI=1S/C25H24N4O/c1-16(2)30-18-13-11-17(12-14-18)19(25-28-22-9-5-6-10-23(22)29-25)15-24-26-20-7-3-4-8-21(20)27-24/h3-14,16,19H,15H2,1-2H3,(H,26,27)(H,28,29)/t19-/m0/s1. The molecule has 0 amide bonds. The van der Waals surface area contributed by atoms with Crippen LogP contribution in [0.4, 0.5) is 0 Å². The van der Waals surface area contributed by atoms with Gasteiger partial charge in [0.25, 0.3) is 0 Å². The maximum Gasteiger partial charge on any atom is 0.119 e. The smallest absolute Gasteiger partial charge is 0.119 e. The maximum atomic E-state index is 5.82. The molecule has 5 aromatic rings. The van der Waals surface area contributed by atoms with E-state index < -0.39 is 0 Å². The zero-order valence-corrected chi connectivity index (χ0v) is 17.1. The number of H-pyrrole nitrogens is 2. The summed E-state index contributed by atoms with van der Waals surface area (Å²) in [6.07, 6.45) is 0.872. The Hall–Kier alpha value is -3.60. The van der Waals surface area contributed by atoms with E-state index in [4.69, 9.17) is 14.7 Å². The molecule has 150 valence electrons. The van der Waals surface area contributed by atoms with E-state index in [0.29, 0.717) is 0 Å². The van der Waals surface area contributed by atoms with E-state index >= 15 is 0 Å². The number of para-hydroxylation sites is 4. The minimum Gasteiger partial charge on any atom is -0.491 e. The van der Waals surface area contributed by atoms with Crippen LogP contribution in [0, 0.1) is 0 Å². The second kappa shape index (κ2) is 7.67. The molecule has 5 rings (SSSR count). The summed E-state index contributed by atoms with van der Waals surface area (Å²) in [6, 6.07) is 24.6. The number of ether oxygens (including phenoxy) is 1. The molecule has 0 aliphatic carbocycles. The van der Waals surface area contributed by atoms with Gasteiger partial charge in [0.2, 0.25) is 0 Å². The van der Waals surface area contributed by atoms with E-state index in [1.165, 1.54) is 5.56 Å². The van der Waals surface area contributed by atoms with Gasteiger partial charge < -0.3 is 14.7 Å². The minimum absolute atomic E-state index is 0.0473. The molecule has 0 aliphatic heterocycles. The zero-order valence-electron chi connectivity index (χ0n) is 17.1. The third-order valence-electron chi connectivity index (χ3n) is 5.23. The third-order valence-corrected chi connectivity index (χ3v) is 5.23.